The fourth-order valence-corrected chi connectivity index (χ4v) is 2.66. The monoisotopic (exact) mass is 379 g/mol. The molecule has 1 N–H and O–H groups in total. The van der Waals surface area contributed by atoms with Gasteiger partial charge in [0.05, 0.1) is 22.3 Å². The topological polar surface area (TPSA) is 25.2 Å². The summed E-state index contributed by atoms with van der Waals surface area (Å²) in [4.78, 5) is 0. The third-order valence-corrected chi connectivity index (χ3v) is 3.81. The summed E-state index contributed by atoms with van der Waals surface area (Å²) in [6.07, 6.45) is -9.96. The molecule has 2 aromatic carbocycles. The molecule has 1 heterocycles. The molecule has 0 radical (unpaired) electrons. The van der Waals surface area contributed by atoms with Crippen molar-refractivity contribution in [3.8, 4) is 11.6 Å². The zero-order valence-electron chi connectivity index (χ0n) is 12.1. The van der Waals surface area contributed by atoms with Crippen LogP contribution in [0.25, 0.3) is 16.6 Å². The molecule has 0 unspecified atom stereocenters. The number of fused-ring (bicyclic) bond motifs is 1. The highest BCUT2D eigenvalue weighted by Crippen LogP contribution is 2.39. The lowest BCUT2D eigenvalue weighted by molar-refractivity contribution is -0.143. The molecule has 2 nitrogen and oxygen atoms in total. The minimum atomic E-state index is -4.98. The van der Waals surface area contributed by atoms with Crippen molar-refractivity contribution in [1.29, 1.82) is 0 Å². The summed E-state index contributed by atoms with van der Waals surface area (Å²) in [5, 5.41) is 10.7. The van der Waals surface area contributed by atoms with Gasteiger partial charge >= 0.3 is 12.4 Å². The predicted molar refractivity (Wildman–Crippen MR) is 80.0 cm³/mol. The number of rotatable bonds is 1. The van der Waals surface area contributed by atoms with Gasteiger partial charge in [0.15, 0.2) is 5.88 Å². The first-order valence-corrected chi connectivity index (χ1v) is 7.14. The van der Waals surface area contributed by atoms with E-state index in [0.29, 0.717) is 17.5 Å². The van der Waals surface area contributed by atoms with Gasteiger partial charge in [-0.2, -0.15) is 26.3 Å². The molecule has 0 saturated carbocycles. The van der Waals surface area contributed by atoms with E-state index in [0.717, 1.165) is 4.57 Å². The minimum absolute atomic E-state index is 0.0270. The Morgan fingerprint density at radius 3 is 1.88 bits per heavy atom. The zero-order chi connectivity index (χ0) is 18.6. The van der Waals surface area contributed by atoms with Crippen molar-refractivity contribution in [2.24, 2.45) is 0 Å². The van der Waals surface area contributed by atoms with E-state index in [1.165, 1.54) is 24.3 Å². The summed E-state index contributed by atoms with van der Waals surface area (Å²) in [6, 6.07) is 6.64. The molecule has 9 heteroatoms. The minimum Gasteiger partial charge on any atom is -0.494 e. The van der Waals surface area contributed by atoms with Gasteiger partial charge in [-0.05, 0) is 30.3 Å². The van der Waals surface area contributed by atoms with E-state index in [-0.39, 0.29) is 16.6 Å². The molecular formula is C16H8ClF6NO. The molecule has 25 heavy (non-hydrogen) atoms. The average molecular weight is 380 g/mol. The molecule has 0 saturated heterocycles. The Kier molecular flexibility index (Phi) is 3.90. The second kappa shape index (κ2) is 5.59. The van der Waals surface area contributed by atoms with E-state index in [9.17, 15) is 31.4 Å². The molecule has 0 aliphatic rings. The Labute approximate surface area is 141 Å². The van der Waals surface area contributed by atoms with Crippen LogP contribution >= 0.6 is 11.6 Å². The Morgan fingerprint density at radius 2 is 1.36 bits per heavy atom. The lowest BCUT2D eigenvalue weighted by Crippen LogP contribution is -2.12. The van der Waals surface area contributed by atoms with Crippen molar-refractivity contribution in [2.75, 3.05) is 0 Å². The molecule has 3 aromatic rings. The molecule has 0 atom stereocenters. The second-order valence-corrected chi connectivity index (χ2v) is 5.74. The van der Waals surface area contributed by atoms with E-state index in [1.54, 1.807) is 0 Å². The Morgan fingerprint density at radius 1 is 0.800 bits per heavy atom. The number of alkyl halides is 6. The molecule has 0 aliphatic carbocycles. The van der Waals surface area contributed by atoms with Crippen LogP contribution in [0.5, 0.6) is 5.88 Å². The molecule has 0 amide bonds. The van der Waals surface area contributed by atoms with Gasteiger partial charge in [0, 0.05) is 16.5 Å². The maximum absolute atomic E-state index is 13.0. The zero-order valence-corrected chi connectivity index (χ0v) is 12.8. The van der Waals surface area contributed by atoms with Crippen LogP contribution in [0.1, 0.15) is 11.1 Å². The van der Waals surface area contributed by atoms with Gasteiger partial charge in [0.25, 0.3) is 0 Å². The third-order valence-electron chi connectivity index (χ3n) is 3.58. The van der Waals surface area contributed by atoms with E-state index >= 15 is 0 Å². The summed E-state index contributed by atoms with van der Waals surface area (Å²) in [7, 11) is 0. The van der Waals surface area contributed by atoms with E-state index in [2.05, 4.69) is 0 Å². The molecule has 132 valence electrons. The van der Waals surface area contributed by atoms with Gasteiger partial charge in [0.1, 0.15) is 0 Å². The highest BCUT2D eigenvalue weighted by molar-refractivity contribution is 6.31. The Balaban J connectivity index is 2.34. The molecule has 0 aliphatic heterocycles. The molecule has 0 bridgehead atoms. The summed E-state index contributed by atoms with van der Waals surface area (Å²) >= 11 is 5.84. The summed E-state index contributed by atoms with van der Waals surface area (Å²) in [5.74, 6) is -0.510. The standard InChI is InChI=1S/C16H8ClF6NO/c17-11-2-1-8-3-14(25)24(13(8)7-11)12-5-9(15(18,19)20)4-10(6-12)16(21,22)23/h1-7,25H. The number of aromatic nitrogens is 1. The first kappa shape index (κ1) is 17.5. The largest absolute Gasteiger partial charge is 0.494 e. The van der Waals surface area contributed by atoms with Crippen LogP contribution in [-0.2, 0) is 12.4 Å². The van der Waals surface area contributed by atoms with Gasteiger partial charge in [-0.15, -0.1) is 0 Å². The van der Waals surface area contributed by atoms with Crippen LogP contribution < -0.4 is 0 Å². The predicted octanol–water partition coefficient (Wildman–Crippen LogP) is 6.03. The molecule has 0 spiro atoms. The number of hydrogen-bond acceptors (Lipinski definition) is 1. The molecule has 1 aromatic heterocycles. The van der Waals surface area contributed by atoms with Crippen LogP contribution in [0.2, 0.25) is 5.02 Å². The SMILES string of the molecule is Oc1cc2ccc(Cl)cc2n1-c1cc(C(F)(F)F)cc(C(F)(F)F)c1. The van der Waals surface area contributed by atoms with Gasteiger partial charge in [0.2, 0.25) is 0 Å². The third kappa shape index (κ3) is 3.26. The fraction of sp³-hybridized carbons (Fsp3) is 0.125. The molecular weight excluding hydrogens is 372 g/mol. The normalized spacial score (nSPS) is 12.8. The lowest BCUT2D eigenvalue weighted by Gasteiger charge is -2.16. The van der Waals surface area contributed by atoms with Crippen molar-refractivity contribution in [3.05, 3.63) is 58.6 Å². The van der Waals surface area contributed by atoms with Gasteiger partial charge < -0.3 is 5.11 Å². The number of nitrogens with zero attached hydrogens (tertiary/aromatic N) is 1. The van der Waals surface area contributed by atoms with Crippen LogP contribution in [0.15, 0.2) is 42.5 Å². The van der Waals surface area contributed by atoms with Crippen LogP contribution in [0.4, 0.5) is 26.3 Å². The van der Waals surface area contributed by atoms with Crippen molar-refractivity contribution in [2.45, 2.75) is 12.4 Å². The summed E-state index contributed by atoms with van der Waals surface area (Å²) < 4.78 is 78.9. The van der Waals surface area contributed by atoms with Gasteiger partial charge in [-0.25, -0.2) is 0 Å². The second-order valence-electron chi connectivity index (χ2n) is 5.31. The van der Waals surface area contributed by atoms with Crippen LogP contribution in [-0.4, -0.2) is 9.67 Å². The maximum atomic E-state index is 13.0. The highest BCUT2D eigenvalue weighted by atomic mass is 35.5. The highest BCUT2D eigenvalue weighted by Gasteiger charge is 2.37. The van der Waals surface area contributed by atoms with E-state index in [4.69, 9.17) is 11.6 Å². The van der Waals surface area contributed by atoms with Crippen molar-refractivity contribution in [1.82, 2.24) is 4.57 Å². The van der Waals surface area contributed by atoms with Crippen molar-refractivity contribution >= 4 is 22.5 Å². The van der Waals surface area contributed by atoms with Crippen LogP contribution in [0, 0.1) is 0 Å². The first-order valence-electron chi connectivity index (χ1n) is 6.76. The summed E-state index contributed by atoms with van der Waals surface area (Å²) in [5.41, 5.74) is -3.24. The van der Waals surface area contributed by atoms with E-state index in [1.807, 2.05) is 0 Å². The first-order chi connectivity index (χ1) is 11.5. The average Bonchev–Trinajstić information content (AvgIpc) is 2.80. The summed E-state index contributed by atoms with van der Waals surface area (Å²) in [6.45, 7) is 0. The lowest BCUT2D eigenvalue weighted by atomic mass is 10.1. The van der Waals surface area contributed by atoms with Crippen molar-refractivity contribution in [3.63, 3.8) is 0 Å². The van der Waals surface area contributed by atoms with Gasteiger partial charge in [-0.3, -0.25) is 4.57 Å². The van der Waals surface area contributed by atoms with Crippen molar-refractivity contribution < 1.29 is 31.4 Å². The smallest absolute Gasteiger partial charge is 0.416 e. The number of halogens is 7. The van der Waals surface area contributed by atoms with Gasteiger partial charge in [-0.1, -0.05) is 17.7 Å². The quantitative estimate of drug-likeness (QED) is 0.513. The number of aromatic hydroxyl groups is 1. The maximum Gasteiger partial charge on any atom is 0.416 e. The Hall–Kier alpha value is -2.35. The fourth-order valence-electron chi connectivity index (χ4n) is 2.50. The Bertz CT molecular complexity index is 925. The van der Waals surface area contributed by atoms with E-state index < -0.39 is 35.0 Å². The number of hydrogen-bond donors (Lipinski definition) is 1. The number of benzene rings is 2. The van der Waals surface area contributed by atoms with Crippen LogP contribution in [0.3, 0.4) is 0 Å². The molecule has 3 rings (SSSR count). The molecule has 0 fully saturated rings.